The highest BCUT2D eigenvalue weighted by Gasteiger charge is 2.47. The summed E-state index contributed by atoms with van der Waals surface area (Å²) in [4.78, 5) is 27.7. The first-order valence-electron chi connectivity index (χ1n) is 11.1. The van der Waals surface area contributed by atoms with Gasteiger partial charge in [-0.15, -0.1) is 0 Å². The molecule has 0 saturated carbocycles. The van der Waals surface area contributed by atoms with Gasteiger partial charge in [0, 0.05) is 17.7 Å². The highest BCUT2D eigenvalue weighted by Crippen LogP contribution is 2.45. The molecule has 0 aliphatic carbocycles. The summed E-state index contributed by atoms with van der Waals surface area (Å²) < 4.78 is 16.6. The number of carbonyl (C=O) groups excluding carboxylic acids is 2. The number of likely N-dealkylation sites (tertiary alicyclic amines) is 1. The van der Waals surface area contributed by atoms with Crippen molar-refractivity contribution in [3.8, 4) is 17.2 Å². The van der Waals surface area contributed by atoms with Gasteiger partial charge in [0.25, 0.3) is 11.7 Å². The van der Waals surface area contributed by atoms with E-state index in [9.17, 15) is 14.7 Å². The van der Waals surface area contributed by atoms with Gasteiger partial charge in [0.05, 0.1) is 32.4 Å². The molecule has 0 spiro atoms. The molecule has 3 rings (SSSR count). The molecule has 176 valence electrons. The van der Waals surface area contributed by atoms with Crippen molar-refractivity contribution in [2.45, 2.75) is 39.7 Å². The quantitative estimate of drug-likeness (QED) is 0.338. The Labute approximate surface area is 194 Å². The minimum absolute atomic E-state index is 0.0335. The number of unbranched alkanes of at least 4 members (excludes halogenated alkanes) is 1. The van der Waals surface area contributed by atoms with Crippen molar-refractivity contribution in [3.63, 3.8) is 0 Å². The molecular formula is C26H31NO6. The number of carbonyl (C=O) groups is 2. The van der Waals surface area contributed by atoms with Crippen molar-refractivity contribution in [1.29, 1.82) is 0 Å². The molecule has 1 atom stereocenters. The Morgan fingerprint density at radius 2 is 1.82 bits per heavy atom. The second-order valence-corrected chi connectivity index (χ2v) is 7.84. The number of hydrogen-bond donors (Lipinski definition) is 1. The van der Waals surface area contributed by atoms with E-state index in [1.165, 1.54) is 19.1 Å². The van der Waals surface area contributed by atoms with Crippen LogP contribution in [0.3, 0.4) is 0 Å². The first-order valence-corrected chi connectivity index (χ1v) is 11.1. The monoisotopic (exact) mass is 453 g/mol. The van der Waals surface area contributed by atoms with E-state index < -0.39 is 17.7 Å². The predicted molar refractivity (Wildman–Crippen MR) is 126 cm³/mol. The van der Waals surface area contributed by atoms with Gasteiger partial charge in [-0.25, -0.2) is 0 Å². The molecule has 1 N–H and O–H groups in total. The predicted octanol–water partition coefficient (Wildman–Crippen LogP) is 4.63. The van der Waals surface area contributed by atoms with Crippen LogP contribution >= 0.6 is 0 Å². The maximum Gasteiger partial charge on any atom is 0.295 e. The van der Waals surface area contributed by atoms with Crippen molar-refractivity contribution in [1.82, 2.24) is 4.90 Å². The highest BCUT2D eigenvalue weighted by molar-refractivity contribution is 6.46. The number of amides is 1. The zero-order chi connectivity index (χ0) is 24.1. The van der Waals surface area contributed by atoms with Crippen LogP contribution in [0.25, 0.3) is 5.76 Å². The average molecular weight is 454 g/mol. The Balaban J connectivity index is 2.23. The fourth-order valence-electron chi connectivity index (χ4n) is 4.16. The normalized spacial score (nSPS) is 17.4. The van der Waals surface area contributed by atoms with Crippen LogP contribution in [0.15, 0.2) is 42.0 Å². The van der Waals surface area contributed by atoms with Crippen LogP contribution in [0.2, 0.25) is 0 Å². The molecule has 0 radical (unpaired) electrons. The molecule has 1 saturated heterocycles. The van der Waals surface area contributed by atoms with E-state index in [1.54, 1.807) is 36.4 Å². The minimum Gasteiger partial charge on any atom is -0.507 e. The number of Topliss-reactive ketones (excluding diaryl/α,β-unsaturated/α-hetero) is 1. The molecule has 2 aromatic carbocycles. The maximum absolute atomic E-state index is 13.2. The van der Waals surface area contributed by atoms with Gasteiger partial charge in [0.2, 0.25) is 0 Å². The standard InChI is InChI=1S/C26H31NO6/c1-6-8-14-27-22(18-10-9-11-20(31-4)25(18)32-5)21(24(29)26(27)30)23(28)17-12-13-19(33-7-2)16(3)15-17/h9-13,15,22,28H,6-8,14H2,1-5H3/b23-21+. The lowest BCUT2D eigenvalue weighted by molar-refractivity contribution is -0.139. The van der Waals surface area contributed by atoms with E-state index in [0.29, 0.717) is 41.5 Å². The number of hydrogen-bond acceptors (Lipinski definition) is 6. The lowest BCUT2D eigenvalue weighted by Gasteiger charge is -2.27. The number of aliphatic hydroxyl groups excluding tert-OH is 1. The molecule has 0 aromatic heterocycles. The molecule has 7 heteroatoms. The van der Waals surface area contributed by atoms with Crippen LogP contribution in [0.5, 0.6) is 17.2 Å². The minimum atomic E-state index is -0.798. The van der Waals surface area contributed by atoms with Crippen LogP contribution in [0.4, 0.5) is 0 Å². The second kappa shape index (κ2) is 10.4. The van der Waals surface area contributed by atoms with Gasteiger partial charge in [-0.2, -0.15) is 0 Å². The van der Waals surface area contributed by atoms with Gasteiger partial charge in [-0.1, -0.05) is 25.5 Å². The molecule has 1 aliphatic heterocycles. The molecule has 2 aromatic rings. The van der Waals surface area contributed by atoms with E-state index >= 15 is 0 Å². The summed E-state index contributed by atoms with van der Waals surface area (Å²) in [7, 11) is 3.04. The van der Waals surface area contributed by atoms with Crippen LogP contribution < -0.4 is 14.2 Å². The number of methoxy groups -OCH3 is 2. The zero-order valence-electron chi connectivity index (χ0n) is 19.8. The van der Waals surface area contributed by atoms with Crippen molar-refractivity contribution in [3.05, 3.63) is 58.7 Å². The van der Waals surface area contributed by atoms with Gasteiger partial charge >= 0.3 is 0 Å². The van der Waals surface area contributed by atoms with E-state index in [2.05, 4.69) is 0 Å². The van der Waals surface area contributed by atoms with E-state index in [1.807, 2.05) is 20.8 Å². The molecule has 1 aliphatic rings. The first-order chi connectivity index (χ1) is 15.9. The number of para-hydroxylation sites is 1. The Morgan fingerprint density at radius 1 is 1.06 bits per heavy atom. The first kappa shape index (κ1) is 24.2. The lowest BCUT2D eigenvalue weighted by Crippen LogP contribution is -2.30. The van der Waals surface area contributed by atoms with Gasteiger partial charge in [0.15, 0.2) is 11.5 Å². The van der Waals surface area contributed by atoms with Crippen molar-refractivity contribution < 1.29 is 28.9 Å². The third-order valence-electron chi connectivity index (χ3n) is 5.77. The van der Waals surface area contributed by atoms with Crippen LogP contribution in [-0.2, 0) is 9.59 Å². The van der Waals surface area contributed by atoms with E-state index in [4.69, 9.17) is 14.2 Å². The number of nitrogens with zero attached hydrogens (tertiary/aromatic N) is 1. The largest absolute Gasteiger partial charge is 0.507 e. The van der Waals surface area contributed by atoms with Gasteiger partial charge < -0.3 is 24.2 Å². The molecule has 7 nitrogen and oxygen atoms in total. The molecule has 1 fully saturated rings. The van der Waals surface area contributed by atoms with Crippen molar-refractivity contribution >= 4 is 17.4 Å². The Kier molecular flexibility index (Phi) is 7.63. The molecule has 1 heterocycles. The van der Waals surface area contributed by atoms with Crippen LogP contribution in [0, 0.1) is 6.92 Å². The van der Waals surface area contributed by atoms with Crippen molar-refractivity contribution in [2.75, 3.05) is 27.4 Å². The Morgan fingerprint density at radius 3 is 2.42 bits per heavy atom. The summed E-state index contributed by atoms with van der Waals surface area (Å²) in [5.41, 5.74) is 1.87. The van der Waals surface area contributed by atoms with Gasteiger partial charge in [-0.05, 0) is 50.1 Å². The second-order valence-electron chi connectivity index (χ2n) is 7.84. The topological polar surface area (TPSA) is 85.3 Å². The lowest BCUT2D eigenvalue weighted by atomic mass is 9.93. The maximum atomic E-state index is 13.2. The smallest absolute Gasteiger partial charge is 0.295 e. The summed E-state index contributed by atoms with van der Waals surface area (Å²) in [5.74, 6) is 0.0135. The van der Waals surface area contributed by atoms with Gasteiger partial charge in [0.1, 0.15) is 11.5 Å². The van der Waals surface area contributed by atoms with Gasteiger partial charge in [-0.3, -0.25) is 9.59 Å². The summed E-state index contributed by atoms with van der Waals surface area (Å²) in [5, 5.41) is 11.3. The molecule has 1 amide bonds. The third-order valence-corrected chi connectivity index (χ3v) is 5.77. The summed E-state index contributed by atoms with van der Waals surface area (Å²) >= 11 is 0. The SMILES string of the molecule is CCCCN1C(=O)C(=O)/C(=C(/O)c2ccc(OCC)c(C)c2)C1c1cccc(OC)c1OC. The van der Waals surface area contributed by atoms with Crippen LogP contribution in [-0.4, -0.2) is 49.1 Å². The summed E-state index contributed by atoms with van der Waals surface area (Å²) in [6, 6.07) is 9.70. The number of benzene rings is 2. The molecule has 0 bridgehead atoms. The fourth-order valence-corrected chi connectivity index (χ4v) is 4.16. The third kappa shape index (κ3) is 4.53. The number of aryl methyl sites for hydroxylation is 1. The van der Waals surface area contributed by atoms with Crippen molar-refractivity contribution in [2.24, 2.45) is 0 Å². The zero-order valence-corrected chi connectivity index (χ0v) is 19.8. The number of aliphatic hydroxyl groups is 1. The molecule has 33 heavy (non-hydrogen) atoms. The molecular weight excluding hydrogens is 422 g/mol. The average Bonchev–Trinajstić information content (AvgIpc) is 3.07. The van der Waals surface area contributed by atoms with Crippen LogP contribution in [0.1, 0.15) is 49.4 Å². The Hall–Kier alpha value is -3.48. The number of rotatable bonds is 9. The summed E-state index contributed by atoms with van der Waals surface area (Å²) in [6.07, 6.45) is 1.57. The highest BCUT2D eigenvalue weighted by atomic mass is 16.5. The molecule has 1 unspecified atom stereocenters. The summed E-state index contributed by atoms with van der Waals surface area (Å²) in [6.45, 7) is 6.67. The van der Waals surface area contributed by atoms with E-state index in [0.717, 1.165) is 18.4 Å². The number of ketones is 1. The Bertz CT molecular complexity index is 1070. The fraction of sp³-hybridized carbons (Fsp3) is 0.385. The number of ether oxygens (including phenoxy) is 3. The van der Waals surface area contributed by atoms with E-state index in [-0.39, 0.29) is 11.3 Å².